The van der Waals surface area contributed by atoms with Gasteiger partial charge in [-0.05, 0) is 6.42 Å². The summed E-state index contributed by atoms with van der Waals surface area (Å²) in [5, 5.41) is -5.05. The first-order chi connectivity index (χ1) is 8.54. The van der Waals surface area contributed by atoms with Crippen LogP contribution in [0, 0.1) is 0 Å². The number of hydrogen-bond acceptors (Lipinski definition) is 6. The SMILES string of the molecule is CCC(I)C(=O)OCCOC(=O)C(F)(F)S(=O)(=O)O. The van der Waals surface area contributed by atoms with Gasteiger partial charge in [-0.3, -0.25) is 9.35 Å². The smallest absolute Gasteiger partial charge is 0.461 e. The zero-order valence-electron chi connectivity index (χ0n) is 9.64. The highest BCUT2D eigenvalue weighted by Crippen LogP contribution is 2.21. The summed E-state index contributed by atoms with van der Waals surface area (Å²) in [4.78, 5) is 21.8. The normalized spacial score (nSPS) is 13.7. The van der Waals surface area contributed by atoms with Crippen LogP contribution < -0.4 is 0 Å². The first kappa shape index (κ1) is 18.4. The largest absolute Gasteiger partial charge is 0.465 e. The van der Waals surface area contributed by atoms with E-state index in [0.29, 0.717) is 6.42 Å². The molecule has 0 saturated carbocycles. The van der Waals surface area contributed by atoms with Crippen LogP contribution in [0.1, 0.15) is 13.3 Å². The highest BCUT2D eigenvalue weighted by atomic mass is 127. The van der Waals surface area contributed by atoms with E-state index in [1.54, 1.807) is 29.5 Å². The third kappa shape index (κ3) is 5.52. The lowest BCUT2D eigenvalue weighted by atomic mass is 10.3. The quantitative estimate of drug-likeness (QED) is 0.215. The van der Waals surface area contributed by atoms with Gasteiger partial charge >= 0.3 is 27.3 Å². The summed E-state index contributed by atoms with van der Waals surface area (Å²) in [6, 6.07) is 0. The van der Waals surface area contributed by atoms with Crippen molar-refractivity contribution in [3.63, 3.8) is 0 Å². The molecule has 0 aliphatic heterocycles. The van der Waals surface area contributed by atoms with E-state index < -0.39 is 44.4 Å². The molecule has 0 heterocycles. The molecule has 1 N–H and O–H groups in total. The summed E-state index contributed by atoms with van der Waals surface area (Å²) in [5.74, 6) is -3.05. The minimum atomic E-state index is -5.89. The van der Waals surface area contributed by atoms with Crippen LogP contribution in [0.2, 0.25) is 0 Å². The minimum Gasteiger partial charge on any atom is -0.461 e. The summed E-state index contributed by atoms with van der Waals surface area (Å²) >= 11 is 1.81. The van der Waals surface area contributed by atoms with E-state index in [2.05, 4.69) is 9.47 Å². The van der Waals surface area contributed by atoms with E-state index in [-0.39, 0.29) is 0 Å². The Hall–Kier alpha value is -0.560. The molecule has 0 bridgehead atoms. The van der Waals surface area contributed by atoms with Crippen LogP contribution in [0.25, 0.3) is 0 Å². The lowest BCUT2D eigenvalue weighted by Gasteiger charge is -2.12. The van der Waals surface area contributed by atoms with Gasteiger partial charge in [0.25, 0.3) is 0 Å². The number of esters is 2. The van der Waals surface area contributed by atoms with E-state index in [1.165, 1.54) is 0 Å². The van der Waals surface area contributed by atoms with Crippen molar-refractivity contribution in [2.75, 3.05) is 13.2 Å². The molecule has 1 atom stereocenters. The van der Waals surface area contributed by atoms with Gasteiger partial charge in [-0.25, -0.2) is 4.79 Å². The van der Waals surface area contributed by atoms with E-state index >= 15 is 0 Å². The van der Waals surface area contributed by atoms with E-state index in [9.17, 15) is 26.8 Å². The van der Waals surface area contributed by atoms with Crippen LogP contribution in [0.5, 0.6) is 0 Å². The van der Waals surface area contributed by atoms with Gasteiger partial charge < -0.3 is 9.47 Å². The molecule has 0 aromatic carbocycles. The van der Waals surface area contributed by atoms with Gasteiger partial charge in [-0.15, -0.1) is 0 Å². The van der Waals surface area contributed by atoms with Gasteiger partial charge in [0.15, 0.2) is 0 Å². The molecule has 0 amide bonds. The second kappa shape index (κ2) is 7.28. The van der Waals surface area contributed by atoms with Gasteiger partial charge in [-0.2, -0.15) is 17.2 Å². The molecule has 1 unspecified atom stereocenters. The molecule has 11 heteroatoms. The Morgan fingerprint density at radius 3 is 2.21 bits per heavy atom. The van der Waals surface area contributed by atoms with Gasteiger partial charge in [0.05, 0.1) is 0 Å². The van der Waals surface area contributed by atoms with Crippen molar-refractivity contribution in [3.05, 3.63) is 0 Å². The first-order valence-corrected chi connectivity index (χ1v) is 7.55. The van der Waals surface area contributed by atoms with E-state index in [4.69, 9.17) is 4.55 Å². The van der Waals surface area contributed by atoms with Crippen LogP contribution in [-0.2, 0) is 29.2 Å². The molecule has 0 rings (SSSR count). The number of hydrogen-bond donors (Lipinski definition) is 1. The third-order valence-electron chi connectivity index (χ3n) is 1.74. The Morgan fingerprint density at radius 1 is 1.32 bits per heavy atom. The fraction of sp³-hybridized carbons (Fsp3) is 0.750. The number of halogens is 3. The molecule has 7 nitrogen and oxygen atoms in total. The van der Waals surface area contributed by atoms with Crippen molar-refractivity contribution in [3.8, 4) is 0 Å². The summed E-state index contributed by atoms with van der Waals surface area (Å²) in [6.07, 6.45) is 0.500. The average Bonchev–Trinajstić information content (AvgIpc) is 2.31. The summed E-state index contributed by atoms with van der Waals surface area (Å²) in [5.41, 5.74) is 0. The number of alkyl halides is 3. The van der Waals surface area contributed by atoms with Crippen molar-refractivity contribution < 1.29 is 40.8 Å². The molecular weight excluding hydrogens is 405 g/mol. The maximum Gasteiger partial charge on any atom is 0.465 e. The Labute approximate surface area is 121 Å². The molecule has 112 valence electrons. The highest BCUT2D eigenvalue weighted by Gasteiger charge is 2.54. The first-order valence-electron chi connectivity index (χ1n) is 4.86. The number of carbonyl (C=O) groups is 2. The predicted molar refractivity (Wildman–Crippen MR) is 66.5 cm³/mol. The molecule has 0 aromatic heterocycles. The molecule has 0 aliphatic carbocycles. The maximum atomic E-state index is 12.7. The molecule has 0 aromatic rings. The van der Waals surface area contributed by atoms with Crippen LogP contribution in [-0.4, -0.2) is 47.3 Å². The number of ether oxygens (including phenoxy) is 2. The summed E-state index contributed by atoms with van der Waals surface area (Å²) in [6.45, 7) is 0.486. The highest BCUT2D eigenvalue weighted by molar-refractivity contribution is 14.1. The fourth-order valence-corrected chi connectivity index (χ4v) is 1.17. The van der Waals surface area contributed by atoms with E-state index in [1.807, 2.05) is 0 Å². The maximum absolute atomic E-state index is 12.7. The molecular formula is C8H11F2IO7S. The summed E-state index contributed by atoms with van der Waals surface area (Å²) < 4.78 is 61.8. The van der Waals surface area contributed by atoms with Gasteiger partial charge in [-0.1, -0.05) is 29.5 Å². The molecule has 19 heavy (non-hydrogen) atoms. The molecule has 0 spiro atoms. The topological polar surface area (TPSA) is 107 Å². The van der Waals surface area contributed by atoms with Gasteiger partial charge in [0.2, 0.25) is 0 Å². The van der Waals surface area contributed by atoms with Crippen molar-refractivity contribution >= 4 is 44.6 Å². The lowest BCUT2D eigenvalue weighted by molar-refractivity contribution is -0.165. The van der Waals surface area contributed by atoms with Crippen LogP contribution >= 0.6 is 22.6 Å². The molecule has 0 aliphatic rings. The second-order valence-corrected chi connectivity index (χ2v) is 6.14. The zero-order valence-corrected chi connectivity index (χ0v) is 12.6. The Morgan fingerprint density at radius 2 is 1.79 bits per heavy atom. The zero-order chi connectivity index (χ0) is 15.3. The molecule has 0 fully saturated rings. The standard InChI is InChI=1S/C8H11F2IO7S/c1-2-5(11)6(12)17-3-4-18-7(13)8(9,10)19(14,15)16/h5H,2-4H2,1H3,(H,14,15,16). The summed E-state index contributed by atoms with van der Waals surface area (Å²) in [7, 11) is -5.89. The van der Waals surface area contributed by atoms with Crippen molar-refractivity contribution in [1.82, 2.24) is 0 Å². The Bertz CT molecular complexity index is 436. The van der Waals surface area contributed by atoms with Crippen LogP contribution in [0.4, 0.5) is 8.78 Å². The van der Waals surface area contributed by atoms with Crippen molar-refractivity contribution in [1.29, 1.82) is 0 Å². The fourth-order valence-electron chi connectivity index (χ4n) is 0.723. The molecule has 0 saturated heterocycles. The van der Waals surface area contributed by atoms with Gasteiger partial charge in [0, 0.05) is 0 Å². The lowest BCUT2D eigenvalue weighted by Crippen LogP contribution is -2.39. The monoisotopic (exact) mass is 416 g/mol. The van der Waals surface area contributed by atoms with Crippen molar-refractivity contribution in [2.45, 2.75) is 22.5 Å². The number of carbonyl (C=O) groups excluding carboxylic acids is 2. The van der Waals surface area contributed by atoms with Gasteiger partial charge in [0.1, 0.15) is 17.1 Å². The Balaban J connectivity index is 4.17. The Kier molecular flexibility index (Phi) is 7.07. The minimum absolute atomic E-state index is 0.424. The average molecular weight is 416 g/mol. The molecule has 0 radical (unpaired) electrons. The van der Waals surface area contributed by atoms with E-state index in [0.717, 1.165) is 0 Å². The number of rotatable bonds is 7. The van der Waals surface area contributed by atoms with Crippen LogP contribution in [0.3, 0.4) is 0 Å². The second-order valence-electron chi connectivity index (χ2n) is 3.17. The van der Waals surface area contributed by atoms with Crippen molar-refractivity contribution in [2.24, 2.45) is 0 Å². The van der Waals surface area contributed by atoms with Crippen LogP contribution in [0.15, 0.2) is 0 Å². The third-order valence-corrected chi connectivity index (χ3v) is 3.94. The predicted octanol–water partition coefficient (Wildman–Crippen LogP) is 0.767.